The molecule has 10 nitrogen and oxygen atoms in total. The minimum atomic E-state index is -0.498. The van der Waals surface area contributed by atoms with Crippen LogP contribution in [0.1, 0.15) is 5.56 Å². The van der Waals surface area contributed by atoms with Crippen LogP contribution in [0.5, 0.6) is 0 Å². The molecule has 2 aromatic heterocycles. The Labute approximate surface area is 222 Å². The summed E-state index contributed by atoms with van der Waals surface area (Å²) in [6.45, 7) is 6.29. The van der Waals surface area contributed by atoms with Crippen molar-refractivity contribution >= 4 is 28.2 Å². The molecule has 39 heavy (non-hydrogen) atoms. The van der Waals surface area contributed by atoms with Gasteiger partial charge in [0.2, 0.25) is 0 Å². The molecule has 0 N–H and O–H groups in total. The number of nitro benzene ring substituents is 1. The molecule has 0 bridgehead atoms. The standard InChI is InChI=1S/C29H23N5O5/c1-2-19-13-20(27-17-30-18-39-27)15-21(14-19)28-23-5-3-4-6-24(23)29(35)33(31-28)26-16-22(7-8-25(26)34(36)37)32-9-11-38-12-10-32/h2-8,13-18H,1,9-12H2. The first-order valence-corrected chi connectivity index (χ1v) is 12.3. The number of nitrogens with zero attached hydrogens (tertiary/aromatic N) is 5. The van der Waals surface area contributed by atoms with E-state index in [0.29, 0.717) is 54.1 Å². The van der Waals surface area contributed by atoms with Crippen LogP contribution in [0.3, 0.4) is 0 Å². The number of oxazole rings is 1. The van der Waals surface area contributed by atoms with Gasteiger partial charge in [-0.3, -0.25) is 14.9 Å². The molecule has 0 unspecified atom stereocenters. The molecule has 6 rings (SSSR count). The Bertz CT molecular complexity index is 1770. The number of ether oxygens (including phenoxy) is 1. The summed E-state index contributed by atoms with van der Waals surface area (Å²) in [4.78, 5) is 31.4. The fourth-order valence-corrected chi connectivity index (χ4v) is 4.83. The lowest BCUT2D eigenvalue weighted by Crippen LogP contribution is -2.36. The Morgan fingerprint density at radius 1 is 1.00 bits per heavy atom. The fraction of sp³-hybridized carbons (Fsp3) is 0.138. The van der Waals surface area contributed by atoms with E-state index in [1.54, 1.807) is 36.5 Å². The minimum absolute atomic E-state index is 0.0938. The molecule has 0 saturated carbocycles. The van der Waals surface area contributed by atoms with Crippen molar-refractivity contribution in [2.24, 2.45) is 0 Å². The Morgan fingerprint density at radius 3 is 2.49 bits per heavy atom. The molecule has 0 radical (unpaired) electrons. The Kier molecular flexibility index (Phi) is 6.22. The fourth-order valence-electron chi connectivity index (χ4n) is 4.83. The van der Waals surface area contributed by atoms with E-state index in [1.165, 1.54) is 12.5 Å². The van der Waals surface area contributed by atoms with Crippen LogP contribution in [0.25, 0.3) is 45.1 Å². The van der Waals surface area contributed by atoms with Crippen molar-refractivity contribution in [3.8, 4) is 28.3 Å². The van der Waals surface area contributed by atoms with Crippen molar-refractivity contribution in [3.63, 3.8) is 0 Å². The predicted molar refractivity (Wildman–Crippen MR) is 148 cm³/mol. The average molecular weight is 522 g/mol. The lowest BCUT2D eigenvalue weighted by atomic mass is 9.99. The zero-order chi connectivity index (χ0) is 26.9. The largest absolute Gasteiger partial charge is 0.444 e. The third-order valence-corrected chi connectivity index (χ3v) is 6.75. The van der Waals surface area contributed by atoms with Gasteiger partial charge in [0.1, 0.15) is 5.69 Å². The average Bonchev–Trinajstić information content (AvgIpc) is 3.53. The van der Waals surface area contributed by atoms with Crippen LogP contribution < -0.4 is 10.5 Å². The van der Waals surface area contributed by atoms with Crippen molar-refractivity contribution in [2.75, 3.05) is 31.2 Å². The van der Waals surface area contributed by atoms with Crippen molar-refractivity contribution < 1.29 is 14.1 Å². The first kappa shape index (κ1) is 24.3. The zero-order valence-electron chi connectivity index (χ0n) is 20.8. The third kappa shape index (κ3) is 4.47. The van der Waals surface area contributed by atoms with Gasteiger partial charge >= 0.3 is 0 Å². The number of fused-ring (bicyclic) bond motifs is 1. The lowest BCUT2D eigenvalue weighted by molar-refractivity contribution is -0.384. The first-order valence-electron chi connectivity index (χ1n) is 12.3. The SMILES string of the molecule is C=Cc1cc(-c2cnco2)cc(-c2nn(-c3cc(N4CCOCC4)ccc3[N+](=O)[O-])c(=O)c3ccccc23)c1. The first-order chi connectivity index (χ1) is 19.0. The van der Waals surface area contributed by atoms with Crippen LogP contribution in [0, 0.1) is 10.1 Å². The van der Waals surface area contributed by atoms with Crippen molar-refractivity contribution in [3.05, 3.63) is 106 Å². The van der Waals surface area contributed by atoms with Gasteiger partial charge in [0, 0.05) is 41.4 Å². The molecular formula is C29H23N5O5. The summed E-state index contributed by atoms with van der Waals surface area (Å²) in [5, 5.41) is 17.8. The molecule has 0 atom stereocenters. The maximum atomic E-state index is 13.8. The van der Waals surface area contributed by atoms with E-state index >= 15 is 0 Å². The van der Waals surface area contributed by atoms with Gasteiger partial charge in [-0.05, 0) is 42.0 Å². The number of hydrogen-bond donors (Lipinski definition) is 0. The molecule has 0 spiro atoms. The number of anilines is 1. The molecule has 3 heterocycles. The molecule has 3 aromatic carbocycles. The monoisotopic (exact) mass is 521 g/mol. The van der Waals surface area contributed by atoms with Crippen LogP contribution in [0.2, 0.25) is 0 Å². The second-order valence-electron chi connectivity index (χ2n) is 9.05. The lowest BCUT2D eigenvalue weighted by Gasteiger charge is -2.29. The second-order valence-corrected chi connectivity index (χ2v) is 9.05. The van der Waals surface area contributed by atoms with Gasteiger partial charge < -0.3 is 14.1 Å². The van der Waals surface area contributed by atoms with Crippen molar-refractivity contribution in [2.45, 2.75) is 0 Å². The molecule has 0 aliphatic carbocycles. The maximum Gasteiger partial charge on any atom is 0.295 e. The third-order valence-electron chi connectivity index (χ3n) is 6.75. The highest BCUT2D eigenvalue weighted by atomic mass is 16.6. The van der Waals surface area contributed by atoms with E-state index in [2.05, 4.69) is 16.5 Å². The Hall–Kier alpha value is -5.09. The van der Waals surface area contributed by atoms with Crippen LogP contribution >= 0.6 is 0 Å². The Balaban J connectivity index is 1.62. The van der Waals surface area contributed by atoms with E-state index < -0.39 is 10.5 Å². The van der Waals surface area contributed by atoms with Gasteiger partial charge in [-0.2, -0.15) is 9.78 Å². The van der Waals surface area contributed by atoms with Crippen LogP contribution in [0.15, 0.2) is 89.0 Å². The number of aromatic nitrogens is 3. The molecule has 1 fully saturated rings. The van der Waals surface area contributed by atoms with Gasteiger partial charge in [0.15, 0.2) is 12.2 Å². The summed E-state index contributed by atoms with van der Waals surface area (Å²) >= 11 is 0. The molecular weight excluding hydrogens is 498 g/mol. The van der Waals surface area contributed by atoms with E-state index in [4.69, 9.17) is 14.3 Å². The second kappa shape index (κ2) is 9.99. The van der Waals surface area contributed by atoms with Crippen LogP contribution in [-0.2, 0) is 4.74 Å². The summed E-state index contributed by atoms with van der Waals surface area (Å²) in [7, 11) is 0. The van der Waals surface area contributed by atoms with Gasteiger partial charge in [-0.25, -0.2) is 4.98 Å². The molecule has 5 aromatic rings. The van der Waals surface area contributed by atoms with Gasteiger partial charge in [-0.15, -0.1) is 0 Å². The summed E-state index contributed by atoms with van der Waals surface area (Å²) < 4.78 is 12.1. The molecule has 194 valence electrons. The quantitative estimate of drug-likeness (QED) is 0.224. The van der Waals surface area contributed by atoms with Gasteiger partial charge in [0.05, 0.1) is 35.4 Å². The van der Waals surface area contributed by atoms with E-state index in [1.807, 2.05) is 30.3 Å². The smallest absolute Gasteiger partial charge is 0.295 e. The van der Waals surface area contributed by atoms with E-state index in [-0.39, 0.29) is 11.4 Å². The summed E-state index contributed by atoms with van der Waals surface area (Å²) in [5.74, 6) is 0.562. The number of nitro groups is 1. The molecule has 1 aliphatic heterocycles. The van der Waals surface area contributed by atoms with Crippen molar-refractivity contribution in [1.29, 1.82) is 0 Å². The molecule has 0 amide bonds. The summed E-state index contributed by atoms with van der Waals surface area (Å²) in [6.07, 6.45) is 4.67. The van der Waals surface area contributed by atoms with Crippen molar-refractivity contribution in [1.82, 2.24) is 14.8 Å². The number of morpholine rings is 1. The Morgan fingerprint density at radius 2 is 1.77 bits per heavy atom. The summed E-state index contributed by atoms with van der Waals surface area (Å²) in [6, 6.07) is 17.6. The van der Waals surface area contributed by atoms with Crippen LogP contribution in [0.4, 0.5) is 11.4 Å². The normalized spacial score (nSPS) is 13.5. The van der Waals surface area contributed by atoms with E-state index in [0.717, 1.165) is 21.5 Å². The number of hydrogen-bond acceptors (Lipinski definition) is 8. The molecule has 1 saturated heterocycles. The highest BCUT2D eigenvalue weighted by molar-refractivity contribution is 5.95. The minimum Gasteiger partial charge on any atom is -0.444 e. The molecule has 10 heteroatoms. The van der Waals surface area contributed by atoms with Crippen LogP contribution in [-0.4, -0.2) is 46.0 Å². The topological polar surface area (TPSA) is 117 Å². The highest BCUT2D eigenvalue weighted by Gasteiger charge is 2.23. The highest BCUT2D eigenvalue weighted by Crippen LogP contribution is 2.33. The zero-order valence-corrected chi connectivity index (χ0v) is 20.8. The number of benzene rings is 3. The van der Waals surface area contributed by atoms with E-state index in [9.17, 15) is 14.9 Å². The molecule has 1 aliphatic rings. The van der Waals surface area contributed by atoms with Gasteiger partial charge in [0.25, 0.3) is 11.2 Å². The van der Waals surface area contributed by atoms with Gasteiger partial charge in [-0.1, -0.05) is 30.9 Å². The predicted octanol–water partition coefficient (Wildman–Crippen LogP) is 5.10. The summed E-state index contributed by atoms with van der Waals surface area (Å²) in [5.41, 5.74) is 2.92. The number of rotatable bonds is 6. The maximum absolute atomic E-state index is 13.8.